The number of benzene rings is 1. The third-order valence-electron chi connectivity index (χ3n) is 4.63. The van der Waals surface area contributed by atoms with Gasteiger partial charge >= 0.3 is 5.69 Å². The summed E-state index contributed by atoms with van der Waals surface area (Å²) in [6.07, 6.45) is 0.778. The van der Waals surface area contributed by atoms with Gasteiger partial charge in [0.2, 0.25) is 11.2 Å². The van der Waals surface area contributed by atoms with E-state index >= 15 is 0 Å². The van der Waals surface area contributed by atoms with Crippen LogP contribution in [0.3, 0.4) is 0 Å². The summed E-state index contributed by atoms with van der Waals surface area (Å²) in [4.78, 5) is 41.3. The van der Waals surface area contributed by atoms with Gasteiger partial charge in [-0.25, -0.2) is 4.79 Å². The summed E-state index contributed by atoms with van der Waals surface area (Å²) < 4.78 is 14.6. The maximum absolute atomic E-state index is 12.6. The zero-order valence-electron chi connectivity index (χ0n) is 15.8. The monoisotopic (exact) mass is 419 g/mol. The molecule has 0 atom stereocenters. The van der Waals surface area contributed by atoms with Gasteiger partial charge < -0.3 is 14.8 Å². The van der Waals surface area contributed by atoms with Gasteiger partial charge in [-0.2, -0.15) is 4.98 Å². The number of hydrogen-bond acceptors (Lipinski definition) is 6. The standard InChI is InChI=1S/C18H18ClN5O5/c1-22-15-14(16(26)23(2)18(22)27)24(17(19)21-15)9-13(25)20-10-4-5-11-12(8-10)29-7-3-6-28-11/h4-5,8H,3,6-7,9H2,1-2H3,(H,20,25). The number of carbonyl (C=O) groups excluding carboxylic acids is 1. The summed E-state index contributed by atoms with van der Waals surface area (Å²) in [5, 5.41) is 2.68. The maximum atomic E-state index is 12.6. The minimum Gasteiger partial charge on any atom is -0.490 e. The number of aryl methyl sites for hydroxylation is 1. The van der Waals surface area contributed by atoms with Crippen molar-refractivity contribution in [3.63, 3.8) is 0 Å². The number of hydrogen-bond donors (Lipinski definition) is 1. The fourth-order valence-electron chi connectivity index (χ4n) is 3.15. The third-order valence-corrected chi connectivity index (χ3v) is 4.92. The first-order chi connectivity index (χ1) is 13.9. The van der Waals surface area contributed by atoms with Gasteiger partial charge in [-0.15, -0.1) is 0 Å². The second-order valence-corrected chi connectivity index (χ2v) is 6.94. The highest BCUT2D eigenvalue weighted by Gasteiger charge is 2.20. The molecule has 10 nitrogen and oxygen atoms in total. The van der Waals surface area contributed by atoms with Crippen molar-refractivity contribution in [3.8, 4) is 11.5 Å². The molecule has 0 bridgehead atoms. The van der Waals surface area contributed by atoms with E-state index in [1.54, 1.807) is 18.2 Å². The van der Waals surface area contributed by atoms with E-state index in [-0.39, 0.29) is 23.0 Å². The first-order valence-electron chi connectivity index (χ1n) is 8.88. The van der Waals surface area contributed by atoms with Crippen LogP contribution in [0.2, 0.25) is 5.28 Å². The molecule has 29 heavy (non-hydrogen) atoms. The van der Waals surface area contributed by atoms with Crippen LogP contribution in [-0.4, -0.2) is 37.8 Å². The molecule has 0 unspecified atom stereocenters. The topological polar surface area (TPSA) is 109 Å². The van der Waals surface area contributed by atoms with Gasteiger partial charge in [0.15, 0.2) is 22.7 Å². The Kier molecular flexibility index (Phi) is 4.79. The zero-order valence-corrected chi connectivity index (χ0v) is 16.5. The van der Waals surface area contributed by atoms with E-state index in [0.717, 1.165) is 11.0 Å². The van der Waals surface area contributed by atoms with Gasteiger partial charge in [0.25, 0.3) is 5.56 Å². The number of nitrogens with one attached hydrogen (secondary N) is 1. The molecule has 1 aromatic carbocycles. The number of rotatable bonds is 3. The number of anilines is 1. The van der Waals surface area contributed by atoms with E-state index in [0.29, 0.717) is 30.4 Å². The first-order valence-corrected chi connectivity index (χ1v) is 9.26. The summed E-state index contributed by atoms with van der Waals surface area (Å²) >= 11 is 6.15. The average Bonchev–Trinajstić information content (AvgIpc) is 2.87. The molecular formula is C18H18ClN5O5. The Hall–Kier alpha value is -3.27. The summed E-state index contributed by atoms with van der Waals surface area (Å²) in [7, 11) is 2.84. The van der Waals surface area contributed by atoms with Crippen molar-refractivity contribution in [2.45, 2.75) is 13.0 Å². The lowest BCUT2D eigenvalue weighted by atomic mass is 10.2. The largest absolute Gasteiger partial charge is 0.490 e. The van der Waals surface area contributed by atoms with E-state index < -0.39 is 17.2 Å². The lowest BCUT2D eigenvalue weighted by Gasteiger charge is -2.11. The van der Waals surface area contributed by atoms with Gasteiger partial charge in [0, 0.05) is 32.3 Å². The highest BCUT2D eigenvalue weighted by molar-refractivity contribution is 6.29. The van der Waals surface area contributed by atoms with Gasteiger partial charge in [-0.3, -0.25) is 23.3 Å². The molecule has 0 spiro atoms. The molecule has 3 aromatic rings. The van der Waals surface area contributed by atoms with Crippen molar-refractivity contribution in [2.24, 2.45) is 14.1 Å². The van der Waals surface area contributed by atoms with Crippen molar-refractivity contribution >= 4 is 34.4 Å². The molecule has 1 amide bonds. The normalized spacial score (nSPS) is 13.3. The molecule has 4 rings (SSSR count). The van der Waals surface area contributed by atoms with Gasteiger partial charge in [-0.1, -0.05) is 0 Å². The van der Waals surface area contributed by atoms with Crippen LogP contribution in [0.5, 0.6) is 11.5 Å². The van der Waals surface area contributed by atoms with E-state index in [4.69, 9.17) is 21.1 Å². The van der Waals surface area contributed by atoms with Crippen molar-refractivity contribution in [3.05, 3.63) is 44.3 Å². The van der Waals surface area contributed by atoms with Crippen LogP contribution in [0.1, 0.15) is 6.42 Å². The highest BCUT2D eigenvalue weighted by atomic mass is 35.5. The highest BCUT2D eigenvalue weighted by Crippen LogP contribution is 2.32. The minimum atomic E-state index is -0.578. The number of halogens is 1. The van der Waals surface area contributed by atoms with Crippen molar-refractivity contribution in [1.29, 1.82) is 0 Å². The summed E-state index contributed by atoms with van der Waals surface area (Å²) in [6, 6.07) is 5.10. The van der Waals surface area contributed by atoms with Crippen molar-refractivity contribution < 1.29 is 14.3 Å². The SMILES string of the molecule is Cn1c(=O)c2c(nc(Cl)n2CC(=O)Nc2ccc3c(c2)OCCCO3)n(C)c1=O. The van der Waals surface area contributed by atoms with Gasteiger partial charge in [0.05, 0.1) is 13.2 Å². The molecule has 1 aliphatic rings. The second kappa shape index (κ2) is 7.28. The lowest BCUT2D eigenvalue weighted by molar-refractivity contribution is -0.116. The zero-order chi connectivity index (χ0) is 20.7. The minimum absolute atomic E-state index is 0.0629. The molecule has 0 aliphatic carbocycles. The third kappa shape index (κ3) is 3.35. The molecule has 1 aliphatic heterocycles. The number of fused-ring (bicyclic) bond motifs is 2. The van der Waals surface area contributed by atoms with Crippen molar-refractivity contribution in [2.75, 3.05) is 18.5 Å². The number of aromatic nitrogens is 4. The Bertz CT molecular complexity index is 1240. The fraction of sp³-hybridized carbons (Fsp3) is 0.333. The van der Waals surface area contributed by atoms with Crippen LogP contribution in [0.15, 0.2) is 27.8 Å². The van der Waals surface area contributed by atoms with Crippen LogP contribution in [0.4, 0.5) is 5.69 Å². The predicted octanol–water partition coefficient (Wildman–Crippen LogP) is 0.887. The van der Waals surface area contributed by atoms with Crippen LogP contribution in [-0.2, 0) is 25.4 Å². The molecule has 1 N–H and O–H groups in total. The molecule has 0 saturated carbocycles. The molecule has 152 valence electrons. The fourth-order valence-corrected chi connectivity index (χ4v) is 3.37. The Morgan fingerprint density at radius 2 is 1.90 bits per heavy atom. The molecule has 3 heterocycles. The van der Waals surface area contributed by atoms with Crippen molar-refractivity contribution in [1.82, 2.24) is 18.7 Å². The van der Waals surface area contributed by atoms with E-state index in [2.05, 4.69) is 10.3 Å². The molecule has 0 saturated heterocycles. The van der Waals surface area contributed by atoms with E-state index in [1.165, 1.54) is 23.2 Å². The van der Waals surface area contributed by atoms with Crippen LogP contribution in [0.25, 0.3) is 11.2 Å². The van der Waals surface area contributed by atoms with E-state index in [9.17, 15) is 14.4 Å². The average molecular weight is 420 g/mol. The number of imidazole rings is 1. The molecular weight excluding hydrogens is 402 g/mol. The molecule has 11 heteroatoms. The Morgan fingerprint density at radius 3 is 2.66 bits per heavy atom. The predicted molar refractivity (Wildman–Crippen MR) is 106 cm³/mol. The first kappa shape index (κ1) is 19.1. The number of carbonyl (C=O) groups is 1. The van der Waals surface area contributed by atoms with Crippen LogP contribution < -0.4 is 26.0 Å². The second-order valence-electron chi connectivity index (χ2n) is 6.61. The lowest BCUT2D eigenvalue weighted by Crippen LogP contribution is -2.37. The number of nitrogens with zero attached hydrogens (tertiary/aromatic N) is 4. The van der Waals surface area contributed by atoms with E-state index in [1.807, 2.05) is 0 Å². The molecule has 0 radical (unpaired) electrons. The maximum Gasteiger partial charge on any atom is 0.332 e. The summed E-state index contributed by atoms with van der Waals surface area (Å²) in [6.45, 7) is 0.850. The summed E-state index contributed by atoms with van der Waals surface area (Å²) in [5.74, 6) is 0.750. The Labute approximate surface area is 169 Å². The molecule has 2 aromatic heterocycles. The van der Waals surface area contributed by atoms with Gasteiger partial charge in [0.1, 0.15) is 6.54 Å². The van der Waals surface area contributed by atoms with Crippen LogP contribution in [0, 0.1) is 0 Å². The Balaban J connectivity index is 1.63. The smallest absolute Gasteiger partial charge is 0.332 e. The number of ether oxygens (including phenoxy) is 2. The van der Waals surface area contributed by atoms with Gasteiger partial charge in [-0.05, 0) is 23.7 Å². The number of amides is 1. The summed E-state index contributed by atoms with van der Waals surface area (Å²) in [5.41, 5.74) is -0.397. The van der Waals surface area contributed by atoms with Crippen LogP contribution >= 0.6 is 11.6 Å². The quantitative estimate of drug-likeness (QED) is 0.631. The Morgan fingerprint density at radius 1 is 1.17 bits per heavy atom. The molecule has 0 fully saturated rings.